The zero-order chi connectivity index (χ0) is 24.4. The Balaban J connectivity index is 1.57. The van der Waals surface area contributed by atoms with Crippen molar-refractivity contribution in [1.29, 1.82) is 0 Å². The van der Waals surface area contributed by atoms with Gasteiger partial charge in [-0.15, -0.1) is 0 Å². The van der Waals surface area contributed by atoms with E-state index in [0.29, 0.717) is 12.0 Å². The molecule has 5 rings (SSSR count). The molecule has 0 N–H and O–H groups in total. The summed E-state index contributed by atoms with van der Waals surface area (Å²) >= 11 is 5.81. The number of hydrogen-bond acceptors (Lipinski definition) is 3. The van der Waals surface area contributed by atoms with Crippen LogP contribution in [0, 0.1) is 17.5 Å². The highest BCUT2D eigenvalue weighted by molar-refractivity contribution is 7.71. The molecule has 2 aliphatic rings. The molecule has 1 saturated heterocycles. The molecule has 184 valence electrons. The molecule has 0 radical (unpaired) electrons. The van der Waals surface area contributed by atoms with Crippen molar-refractivity contribution in [3.05, 3.63) is 81.6 Å². The van der Waals surface area contributed by atoms with Gasteiger partial charge in [0.15, 0.2) is 0 Å². The molecule has 2 atom stereocenters. The molecule has 1 aliphatic carbocycles. The SMILES string of the molecule is Cc1ccc([C@]2(CCn3c(-c4ccccc4)nc(=S)c4c3CCCC4)CCO[C@H](C(C)C)C2)cc1. The summed E-state index contributed by atoms with van der Waals surface area (Å²) in [5.41, 5.74) is 6.76. The molecule has 2 aromatic carbocycles. The molecule has 1 aliphatic heterocycles. The van der Waals surface area contributed by atoms with E-state index >= 15 is 0 Å². The van der Waals surface area contributed by atoms with Crippen LogP contribution >= 0.6 is 12.2 Å². The van der Waals surface area contributed by atoms with Gasteiger partial charge in [-0.3, -0.25) is 0 Å². The van der Waals surface area contributed by atoms with Crippen molar-refractivity contribution in [1.82, 2.24) is 9.55 Å². The second-order valence-corrected chi connectivity index (χ2v) is 11.3. The Kier molecular flexibility index (Phi) is 7.22. The Morgan fingerprint density at radius 3 is 2.54 bits per heavy atom. The van der Waals surface area contributed by atoms with E-state index < -0.39 is 0 Å². The maximum absolute atomic E-state index is 6.26. The second-order valence-electron chi connectivity index (χ2n) is 10.9. The molecule has 35 heavy (non-hydrogen) atoms. The zero-order valence-corrected chi connectivity index (χ0v) is 22.2. The third-order valence-corrected chi connectivity index (χ3v) is 8.58. The third kappa shape index (κ3) is 5.01. The Hall–Kier alpha value is -2.30. The summed E-state index contributed by atoms with van der Waals surface area (Å²) in [6.45, 7) is 8.54. The first-order chi connectivity index (χ1) is 17.0. The van der Waals surface area contributed by atoms with E-state index in [1.807, 2.05) is 0 Å². The van der Waals surface area contributed by atoms with E-state index in [1.54, 1.807) is 0 Å². The average Bonchev–Trinajstić information content (AvgIpc) is 2.89. The summed E-state index contributed by atoms with van der Waals surface area (Å²) < 4.78 is 9.58. The van der Waals surface area contributed by atoms with E-state index in [0.717, 1.165) is 61.3 Å². The molecule has 2 heterocycles. The van der Waals surface area contributed by atoms with E-state index in [4.69, 9.17) is 21.9 Å². The fraction of sp³-hybridized carbons (Fsp3) is 0.484. The number of fused-ring (bicyclic) bond motifs is 1. The largest absolute Gasteiger partial charge is 0.378 e. The van der Waals surface area contributed by atoms with Crippen LogP contribution in [0.25, 0.3) is 11.4 Å². The maximum Gasteiger partial charge on any atom is 0.141 e. The summed E-state index contributed by atoms with van der Waals surface area (Å²) in [6, 6.07) is 19.9. The molecule has 4 heteroatoms. The highest BCUT2D eigenvalue weighted by Gasteiger charge is 2.39. The summed E-state index contributed by atoms with van der Waals surface area (Å²) in [7, 11) is 0. The van der Waals surface area contributed by atoms with Gasteiger partial charge in [0, 0.05) is 35.4 Å². The predicted octanol–water partition coefficient (Wildman–Crippen LogP) is 7.63. The molecule has 0 amide bonds. The average molecular weight is 487 g/mol. The van der Waals surface area contributed by atoms with Gasteiger partial charge in [0.25, 0.3) is 0 Å². The molecular weight excluding hydrogens is 448 g/mol. The second kappa shape index (κ2) is 10.4. The first kappa shape index (κ1) is 24.4. The molecule has 0 bridgehead atoms. The minimum atomic E-state index is 0.107. The lowest BCUT2D eigenvalue weighted by Gasteiger charge is -2.43. The van der Waals surface area contributed by atoms with Gasteiger partial charge in [-0.05, 0) is 63.4 Å². The van der Waals surface area contributed by atoms with Gasteiger partial charge in [0.1, 0.15) is 10.5 Å². The standard InChI is InChI=1S/C31H38N2OS/c1-22(2)28-21-31(18-20-34-28,25-15-13-23(3)14-16-25)17-19-33-27-12-8-7-11-26(27)30(35)32-29(33)24-9-5-4-6-10-24/h4-6,9-10,13-16,22,28H,7-8,11-12,17-21H2,1-3H3/t28-,31+/m0/s1. The summed E-state index contributed by atoms with van der Waals surface area (Å²) in [5.74, 6) is 1.55. The summed E-state index contributed by atoms with van der Waals surface area (Å²) in [5, 5.41) is 0. The number of aryl methyl sites for hydroxylation is 1. The highest BCUT2D eigenvalue weighted by Crippen LogP contribution is 2.43. The lowest BCUT2D eigenvalue weighted by molar-refractivity contribution is -0.0479. The topological polar surface area (TPSA) is 27.1 Å². The number of benzene rings is 2. The first-order valence-corrected chi connectivity index (χ1v) is 13.7. The van der Waals surface area contributed by atoms with Gasteiger partial charge in [0.05, 0.1) is 6.10 Å². The van der Waals surface area contributed by atoms with E-state index in [-0.39, 0.29) is 5.41 Å². The molecule has 0 saturated carbocycles. The van der Waals surface area contributed by atoms with Gasteiger partial charge >= 0.3 is 0 Å². The van der Waals surface area contributed by atoms with Crippen molar-refractivity contribution >= 4 is 12.2 Å². The number of ether oxygens (including phenoxy) is 1. The molecule has 0 unspecified atom stereocenters. The van der Waals surface area contributed by atoms with Gasteiger partial charge in [0.2, 0.25) is 0 Å². The smallest absolute Gasteiger partial charge is 0.141 e. The summed E-state index contributed by atoms with van der Waals surface area (Å²) in [6.07, 6.45) is 8.11. The Morgan fingerprint density at radius 2 is 1.80 bits per heavy atom. The minimum Gasteiger partial charge on any atom is -0.378 e. The van der Waals surface area contributed by atoms with Crippen LogP contribution < -0.4 is 0 Å². The number of nitrogens with zero attached hydrogens (tertiary/aromatic N) is 2. The predicted molar refractivity (Wildman–Crippen MR) is 146 cm³/mol. The molecule has 3 aromatic rings. The monoisotopic (exact) mass is 486 g/mol. The Labute approximate surface area is 215 Å². The Bertz CT molecular complexity index is 1220. The first-order valence-electron chi connectivity index (χ1n) is 13.3. The van der Waals surface area contributed by atoms with Crippen molar-refractivity contribution in [3.8, 4) is 11.4 Å². The number of rotatable bonds is 6. The van der Waals surface area contributed by atoms with Gasteiger partial charge in [-0.25, -0.2) is 4.98 Å². The molecular formula is C31H38N2OS. The van der Waals surface area contributed by atoms with Crippen LogP contribution in [0.5, 0.6) is 0 Å². The van der Waals surface area contributed by atoms with Gasteiger partial charge < -0.3 is 9.30 Å². The van der Waals surface area contributed by atoms with Crippen molar-refractivity contribution in [2.45, 2.75) is 83.8 Å². The van der Waals surface area contributed by atoms with Crippen LogP contribution in [0.3, 0.4) is 0 Å². The molecule has 1 fully saturated rings. The lowest BCUT2D eigenvalue weighted by Crippen LogP contribution is -2.41. The van der Waals surface area contributed by atoms with Crippen molar-refractivity contribution in [3.63, 3.8) is 0 Å². The molecule has 3 nitrogen and oxygen atoms in total. The van der Waals surface area contributed by atoms with Gasteiger partial charge in [-0.2, -0.15) is 0 Å². The van der Waals surface area contributed by atoms with Crippen LogP contribution in [0.1, 0.15) is 68.3 Å². The van der Waals surface area contributed by atoms with Crippen LogP contribution in [0.15, 0.2) is 54.6 Å². The van der Waals surface area contributed by atoms with E-state index in [9.17, 15) is 0 Å². The maximum atomic E-state index is 6.26. The fourth-order valence-corrected chi connectivity index (χ4v) is 6.37. The highest BCUT2D eigenvalue weighted by atomic mass is 32.1. The van der Waals surface area contributed by atoms with Crippen molar-refractivity contribution < 1.29 is 4.74 Å². The van der Waals surface area contributed by atoms with Crippen LogP contribution in [0.4, 0.5) is 0 Å². The number of hydrogen-bond donors (Lipinski definition) is 0. The lowest BCUT2D eigenvalue weighted by atomic mass is 9.68. The van der Waals surface area contributed by atoms with E-state index in [2.05, 4.69) is 79.9 Å². The van der Waals surface area contributed by atoms with Crippen LogP contribution in [-0.4, -0.2) is 22.3 Å². The normalized spacial score (nSPS) is 22.2. The van der Waals surface area contributed by atoms with Crippen LogP contribution in [-0.2, 0) is 29.5 Å². The Morgan fingerprint density at radius 1 is 1.06 bits per heavy atom. The van der Waals surface area contributed by atoms with E-state index in [1.165, 1.54) is 35.2 Å². The number of aromatic nitrogens is 2. The fourth-order valence-electron chi connectivity index (χ4n) is 6.06. The minimum absolute atomic E-state index is 0.107. The quantitative estimate of drug-likeness (QED) is 0.335. The third-order valence-electron chi connectivity index (χ3n) is 8.24. The molecule has 0 spiro atoms. The molecule has 1 aromatic heterocycles. The summed E-state index contributed by atoms with van der Waals surface area (Å²) in [4.78, 5) is 5.02. The van der Waals surface area contributed by atoms with Crippen molar-refractivity contribution in [2.24, 2.45) is 5.92 Å². The van der Waals surface area contributed by atoms with Crippen molar-refractivity contribution in [2.75, 3.05) is 6.61 Å². The van der Waals surface area contributed by atoms with Crippen LogP contribution in [0.2, 0.25) is 0 Å². The van der Waals surface area contributed by atoms with Gasteiger partial charge in [-0.1, -0.05) is 86.2 Å². The zero-order valence-electron chi connectivity index (χ0n) is 21.4.